The van der Waals surface area contributed by atoms with E-state index in [2.05, 4.69) is 24.3 Å². The Morgan fingerprint density at radius 1 is 1.36 bits per heavy atom. The van der Waals surface area contributed by atoms with Crippen molar-refractivity contribution in [2.45, 2.75) is 40.2 Å². The van der Waals surface area contributed by atoms with E-state index in [4.69, 9.17) is 4.74 Å². The normalized spacial score (nSPS) is 11.0. The van der Waals surface area contributed by atoms with Crippen LogP contribution in [0.4, 0.5) is 4.39 Å². The van der Waals surface area contributed by atoms with Crippen molar-refractivity contribution in [3.63, 3.8) is 0 Å². The summed E-state index contributed by atoms with van der Waals surface area (Å²) in [5, 5.41) is 6.87. The number of amides is 1. The minimum absolute atomic E-state index is 0.0943. The second-order valence-corrected chi connectivity index (χ2v) is 6.20. The van der Waals surface area contributed by atoms with Crippen molar-refractivity contribution >= 4 is 5.91 Å². The summed E-state index contributed by atoms with van der Waals surface area (Å²) in [6.07, 6.45) is 2.00. The summed E-state index contributed by atoms with van der Waals surface area (Å²) in [6, 6.07) is 6.70. The van der Waals surface area contributed by atoms with Crippen LogP contribution in [0.15, 0.2) is 24.3 Å². The van der Waals surface area contributed by atoms with Crippen LogP contribution < -0.4 is 10.1 Å². The Morgan fingerprint density at radius 3 is 2.68 bits per heavy atom. The Balaban J connectivity index is 2.01. The van der Waals surface area contributed by atoms with Gasteiger partial charge in [0.25, 0.3) is 5.91 Å². The fourth-order valence-corrected chi connectivity index (χ4v) is 2.63. The zero-order chi connectivity index (χ0) is 18.4. The van der Waals surface area contributed by atoms with E-state index in [1.54, 1.807) is 31.3 Å². The molecule has 0 radical (unpaired) electrons. The third-order valence-electron chi connectivity index (χ3n) is 4.35. The lowest BCUT2D eigenvalue weighted by atomic mass is 10.1. The molecule has 6 heteroatoms. The van der Waals surface area contributed by atoms with Gasteiger partial charge in [-0.15, -0.1) is 0 Å². The molecular formula is C19H26FN3O2. The van der Waals surface area contributed by atoms with Crippen LogP contribution in [0.3, 0.4) is 0 Å². The molecule has 5 nitrogen and oxygen atoms in total. The Hall–Kier alpha value is -2.37. The SMILES string of the molecule is CCC(CC)COc1cccc(CNC(=O)c2cc(C)nn2C)c1F. The van der Waals surface area contributed by atoms with Crippen molar-refractivity contribution in [2.24, 2.45) is 13.0 Å². The van der Waals surface area contributed by atoms with Crippen molar-refractivity contribution in [3.8, 4) is 5.75 Å². The molecule has 0 bridgehead atoms. The average molecular weight is 347 g/mol. The van der Waals surface area contributed by atoms with Gasteiger partial charge in [-0.05, 0) is 25.0 Å². The lowest BCUT2D eigenvalue weighted by Crippen LogP contribution is -2.25. The Bertz CT molecular complexity index is 723. The molecule has 0 aliphatic rings. The van der Waals surface area contributed by atoms with Crippen LogP contribution in [0.2, 0.25) is 0 Å². The second kappa shape index (κ2) is 8.65. The summed E-state index contributed by atoms with van der Waals surface area (Å²) in [4.78, 5) is 12.2. The molecular weight excluding hydrogens is 321 g/mol. The molecule has 0 aliphatic carbocycles. The molecule has 1 N–H and O–H groups in total. The minimum Gasteiger partial charge on any atom is -0.490 e. The van der Waals surface area contributed by atoms with Crippen molar-refractivity contribution in [3.05, 3.63) is 47.0 Å². The van der Waals surface area contributed by atoms with E-state index in [9.17, 15) is 9.18 Å². The Labute approximate surface area is 148 Å². The zero-order valence-corrected chi connectivity index (χ0v) is 15.3. The summed E-state index contributed by atoms with van der Waals surface area (Å²) in [5.41, 5.74) is 1.60. The van der Waals surface area contributed by atoms with Gasteiger partial charge in [0.15, 0.2) is 11.6 Å². The van der Waals surface area contributed by atoms with E-state index in [1.807, 2.05) is 6.92 Å². The number of halogens is 1. The van der Waals surface area contributed by atoms with Crippen LogP contribution in [0.5, 0.6) is 5.75 Å². The maximum absolute atomic E-state index is 14.6. The van der Waals surface area contributed by atoms with E-state index in [-0.39, 0.29) is 18.2 Å². The van der Waals surface area contributed by atoms with Gasteiger partial charge < -0.3 is 10.1 Å². The summed E-state index contributed by atoms with van der Waals surface area (Å²) >= 11 is 0. The first-order valence-corrected chi connectivity index (χ1v) is 8.65. The topological polar surface area (TPSA) is 56.1 Å². The quantitative estimate of drug-likeness (QED) is 0.793. The average Bonchev–Trinajstić information content (AvgIpc) is 2.94. The first-order valence-electron chi connectivity index (χ1n) is 8.65. The molecule has 0 saturated carbocycles. The molecule has 1 aromatic heterocycles. The fourth-order valence-electron chi connectivity index (χ4n) is 2.63. The smallest absolute Gasteiger partial charge is 0.269 e. The fraction of sp³-hybridized carbons (Fsp3) is 0.474. The molecule has 0 atom stereocenters. The number of nitrogens with zero attached hydrogens (tertiary/aromatic N) is 2. The van der Waals surface area contributed by atoms with Crippen LogP contribution in [0.1, 0.15) is 48.4 Å². The van der Waals surface area contributed by atoms with Crippen molar-refractivity contribution in [2.75, 3.05) is 6.61 Å². The van der Waals surface area contributed by atoms with Gasteiger partial charge in [0.05, 0.1) is 12.3 Å². The van der Waals surface area contributed by atoms with Crippen molar-refractivity contribution in [1.82, 2.24) is 15.1 Å². The molecule has 25 heavy (non-hydrogen) atoms. The van der Waals surface area contributed by atoms with Crippen molar-refractivity contribution in [1.29, 1.82) is 0 Å². The van der Waals surface area contributed by atoms with Crippen LogP contribution in [-0.2, 0) is 13.6 Å². The van der Waals surface area contributed by atoms with Crippen LogP contribution in [-0.4, -0.2) is 22.3 Å². The van der Waals surface area contributed by atoms with E-state index >= 15 is 0 Å². The maximum atomic E-state index is 14.6. The highest BCUT2D eigenvalue weighted by Gasteiger charge is 2.15. The summed E-state index contributed by atoms with van der Waals surface area (Å²) in [6.45, 7) is 6.60. The van der Waals surface area contributed by atoms with Crippen LogP contribution >= 0.6 is 0 Å². The van der Waals surface area contributed by atoms with Gasteiger partial charge in [-0.3, -0.25) is 9.48 Å². The Kier molecular flexibility index (Phi) is 6.56. The summed E-state index contributed by atoms with van der Waals surface area (Å²) in [5.74, 6) is -0.0633. The molecule has 0 saturated heterocycles. The number of nitrogens with one attached hydrogen (secondary N) is 1. The number of rotatable bonds is 8. The predicted molar refractivity (Wildman–Crippen MR) is 95.1 cm³/mol. The molecule has 1 aromatic carbocycles. The molecule has 1 amide bonds. The highest BCUT2D eigenvalue weighted by atomic mass is 19.1. The zero-order valence-electron chi connectivity index (χ0n) is 15.3. The highest BCUT2D eigenvalue weighted by Crippen LogP contribution is 2.22. The van der Waals surface area contributed by atoms with Gasteiger partial charge in [-0.2, -0.15) is 5.10 Å². The van der Waals surface area contributed by atoms with E-state index in [0.717, 1.165) is 18.5 Å². The lowest BCUT2D eigenvalue weighted by Gasteiger charge is -2.15. The number of aryl methyl sites for hydroxylation is 2. The number of ether oxygens (including phenoxy) is 1. The van der Waals surface area contributed by atoms with E-state index in [0.29, 0.717) is 23.8 Å². The summed E-state index contributed by atoms with van der Waals surface area (Å²) in [7, 11) is 1.70. The minimum atomic E-state index is -0.421. The number of carbonyl (C=O) groups excluding carboxylic acids is 1. The monoisotopic (exact) mass is 347 g/mol. The molecule has 2 aromatic rings. The van der Waals surface area contributed by atoms with Gasteiger partial charge in [0.1, 0.15) is 5.69 Å². The highest BCUT2D eigenvalue weighted by molar-refractivity contribution is 5.92. The molecule has 0 spiro atoms. The third kappa shape index (κ3) is 4.81. The standard InChI is InChI=1S/C19H26FN3O2/c1-5-14(6-2)12-25-17-9-7-8-15(18(17)20)11-21-19(24)16-10-13(3)22-23(16)4/h7-10,14H,5-6,11-12H2,1-4H3,(H,21,24). The molecule has 0 fully saturated rings. The third-order valence-corrected chi connectivity index (χ3v) is 4.35. The molecule has 0 aliphatic heterocycles. The van der Waals surface area contributed by atoms with E-state index in [1.165, 1.54) is 4.68 Å². The maximum Gasteiger partial charge on any atom is 0.269 e. The van der Waals surface area contributed by atoms with Crippen LogP contribution in [0, 0.1) is 18.7 Å². The van der Waals surface area contributed by atoms with E-state index < -0.39 is 5.82 Å². The van der Waals surface area contributed by atoms with Gasteiger partial charge in [0.2, 0.25) is 0 Å². The number of aromatic nitrogens is 2. The van der Waals surface area contributed by atoms with Gasteiger partial charge in [-0.25, -0.2) is 4.39 Å². The predicted octanol–water partition coefficient (Wildman–Crippen LogP) is 3.61. The summed E-state index contributed by atoms with van der Waals surface area (Å²) < 4.78 is 21.7. The number of hydrogen-bond donors (Lipinski definition) is 1. The molecule has 136 valence electrons. The first-order chi connectivity index (χ1) is 12.0. The van der Waals surface area contributed by atoms with Gasteiger partial charge in [-0.1, -0.05) is 38.8 Å². The second-order valence-electron chi connectivity index (χ2n) is 6.20. The van der Waals surface area contributed by atoms with Crippen LogP contribution in [0.25, 0.3) is 0 Å². The largest absolute Gasteiger partial charge is 0.490 e. The van der Waals surface area contributed by atoms with Crippen molar-refractivity contribution < 1.29 is 13.9 Å². The molecule has 0 unspecified atom stereocenters. The molecule has 1 heterocycles. The number of benzene rings is 1. The van der Waals surface area contributed by atoms with Gasteiger partial charge in [0, 0.05) is 19.2 Å². The molecule has 2 rings (SSSR count). The first kappa shape index (κ1) is 19.0. The number of carbonyl (C=O) groups is 1. The number of hydrogen-bond acceptors (Lipinski definition) is 3. The Morgan fingerprint density at radius 2 is 2.08 bits per heavy atom. The lowest BCUT2D eigenvalue weighted by molar-refractivity contribution is 0.0941. The van der Waals surface area contributed by atoms with Gasteiger partial charge >= 0.3 is 0 Å².